The molecule has 4 fully saturated rings. The molecule has 4 rings (SSSR count). The maximum atomic E-state index is 12.6. The van der Waals surface area contributed by atoms with Gasteiger partial charge in [0.2, 0.25) is 0 Å². The number of carboxylic acids is 1. The van der Waals surface area contributed by atoms with Crippen LogP contribution in [0.25, 0.3) is 0 Å². The van der Waals surface area contributed by atoms with Crippen molar-refractivity contribution in [1.82, 2.24) is 0 Å². The molecule has 4 nitrogen and oxygen atoms in total. The van der Waals surface area contributed by atoms with Crippen molar-refractivity contribution >= 4 is 11.9 Å². The Hall–Kier alpha value is -1.06. The fourth-order valence-electron chi connectivity index (χ4n) is 7.10. The highest BCUT2D eigenvalue weighted by Crippen LogP contribution is 2.70. The van der Waals surface area contributed by atoms with E-state index in [-0.39, 0.29) is 0 Å². The molecule has 0 aromatic heterocycles. The molecule has 25 heavy (non-hydrogen) atoms. The molecular formula is C21H32O4. The van der Waals surface area contributed by atoms with Crippen molar-refractivity contribution in [2.45, 2.75) is 71.8 Å². The molecule has 0 saturated heterocycles. The molecule has 0 aromatic carbocycles. The first kappa shape index (κ1) is 17.4. The molecule has 0 radical (unpaired) electrons. The summed E-state index contributed by atoms with van der Waals surface area (Å²) in [6.07, 6.45) is 7.50. The molecule has 0 heterocycles. The van der Waals surface area contributed by atoms with Crippen LogP contribution in [0.1, 0.15) is 66.2 Å². The van der Waals surface area contributed by atoms with Gasteiger partial charge in [0.05, 0.1) is 0 Å². The van der Waals surface area contributed by atoms with E-state index in [1.54, 1.807) is 0 Å². The van der Waals surface area contributed by atoms with Gasteiger partial charge in [-0.25, -0.2) is 0 Å². The summed E-state index contributed by atoms with van der Waals surface area (Å²) < 4.78 is 5.96. The van der Waals surface area contributed by atoms with Gasteiger partial charge in [0, 0.05) is 5.92 Å². The molecule has 1 N–H and O–H groups in total. The topological polar surface area (TPSA) is 63.6 Å². The van der Waals surface area contributed by atoms with Crippen LogP contribution >= 0.6 is 0 Å². The summed E-state index contributed by atoms with van der Waals surface area (Å²) in [6.45, 7) is 7.02. The quantitative estimate of drug-likeness (QED) is 0.461. The van der Waals surface area contributed by atoms with Crippen molar-refractivity contribution in [3.63, 3.8) is 0 Å². The van der Waals surface area contributed by atoms with E-state index >= 15 is 0 Å². The van der Waals surface area contributed by atoms with Crippen molar-refractivity contribution in [1.29, 1.82) is 0 Å². The maximum absolute atomic E-state index is 12.6. The fraction of sp³-hybridized carbons (Fsp3) is 0.905. The number of carboxylic acid groups (broad SMARTS) is 1. The zero-order valence-electron chi connectivity index (χ0n) is 16.0. The normalized spacial score (nSPS) is 43.8. The molecule has 4 saturated carbocycles. The molecule has 4 bridgehead atoms. The molecule has 0 amide bonds. The van der Waals surface area contributed by atoms with Gasteiger partial charge in [-0.3, -0.25) is 9.59 Å². The molecule has 0 aromatic rings. The van der Waals surface area contributed by atoms with Crippen LogP contribution in [0.4, 0.5) is 0 Å². The lowest BCUT2D eigenvalue weighted by molar-refractivity contribution is -0.185. The number of aliphatic carboxylic acids is 1. The third kappa shape index (κ3) is 2.31. The zero-order valence-corrected chi connectivity index (χ0v) is 16.0. The van der Waals surface area contributed by atoms with Crippen LogP contribution in [-0.4, -0.2) is 22.6 Å². The number of carbonyl (C=O) groups is 2. The van der Waals surface area contributed by atoms with Gasteiger partial charge in [-0.15, -0.1) is 0 Å². The standard InChI is InChI=1S/C21H32O4/c1-5-21(4,25-19(24)20(2,3)18(22)23)15-10-13-9-14(15)17-12-7-6-11(8-12)16(13)17/h11-17H,5-10H2,1-4H3,(H,22,23). The Balaban J connectivity index is 1.54. The van der Waals surface area contributed by atoms with Crippen molar-refractivity contribution < 1.29 is 19.4 Å². The van der Waals surface area contributed by atoms with Crippen LogP contribution in [-0.2, 0) is 14.3 Å². The second-order valence-corrected chi connectivity index (χ2v) is 9.98. The number of esters is 1. The van der Waals surface area contributed by atoms with E-state index in [1.165, 1.54) is 46.0 Å². The van der Waals surface area contributed by atoms with Gasteiger partial charge >= 0.3 is 11.9 Å². The zero-order chi connectivity index (χ0) is 18.1. The van der Waals surface area contributed by atoms with Gasteiger partial charge in [-0.2, -0.15) is 0 Å². The number of rotatable bonds is 5. The average Bonchev–Trinajstić information content (AvgIpc) is 3.32. The minimum absolute atomic E-state index is 0.400. The highest BCUT2D eigenvalue weighted by atomic mass is 16.6. The van der Waals surface area contributed by atoms with E-state index in [2.05, 4.69) is 13.8 Å². The number of fused-ring (bicyclic) bond motifs is 9. The summed E-state index contributed by atoms with van der Waals surface area (Å²) in [5, 5.41) is 9.35. The maximum Gasteiger partial charge on any atom is 0.323 e. The Morgan fingerprint density at radius 1 is 1.00 bits per heavy atom. The smallest absolute Gasteiger partial charge is 0.323 e. The van der Waals surface area contributed by atoms with Crippen LogP contribution in [0.15, 0.2) is 0 Å². The molecular weight excluding hydrogens is 316 g/mol. The number of hydrogen-bond donors (Lipinski definition) is 1. The third-order valence-electron chi connectivity index (χ3n) is 8.59. The Morgan fingerprint density at radius 2 is 1.64 bits per heavy atom. The van der Waals surface area contributed by atoms with E-state index in [9.17, 15) is 14.7 Å². The summed E-state index contributed by atoms with van der Waals surface area (Å²) in [5.41, 5.74) is -2.01. The monoisotopic (exact) mass is 348 g/mol. The third-order valence-corrected chi connectivity index (χ3v) is 8.59. The highest BCUT2D eigenvalue weighted by molar-refractivity contribution is 5.98. The van der Waals surface area contributed by atoms with Crippen LogP contribution in [0.3, 0.4) is 0 Å². The fourth-order valence-corrected chi connectivity index (χ4v) is 7.10. The first-order chi connectivity index (χ1) is 11.7. The molecule has 4 heteroatoms. The molecule has 8 atom stereocenters. The lowest BCUT2D eigenvalue weighted by Gasteiger charge is -2.46. The summed E-state index contributed by atoms with van der Waals surface area (Å²) in [6, 6.07) is 0. The van der Waals surface area contributed by atoms with Gasteiger partial charge in [0.15, 0.2) is 5.41 Å². The second kappa shape index (κ2) is 5.47. The number of ether oxygens (including phenoxy) is 1. The minimum atomic E-state index is -1.48. The van der Waals surface area contributed by atoms with Gasteiger partial charge < -0.3 is 9.84 Å². The highest BCUT2D eigenvalue weighted by Gasteiger charge is 2.65. The van der Waals surface area contributed by atoms with Gasteiger partial charge in [-0.1, -0.05) is 6.92 Å². The van der Waals surface area contributed by atoms with E-state index in [0.717, 1.165) is 36.0 Å². The summed E-state index contributed by atoms with van der Waals surface area (Å²) in [5.74, 6) is 3.84. The van der Waals surface area contributed by atoms with E-state index in [4.69, 9.17) is 4.74 Å². The first-order valence-corrected chi connectivity index (χ1v) is 10.2. The summed E-state index contributed by atoms with van der Waals surface area (Å²) in [7, 11) is 0. The lowest BCUT2D eigenvalue weighted by Crippen LogP contribution is -2.49. The van der Waals surface area contributed by atoms with Crippen molar-refractivity contribution in [3.8, 4) is 0 Å². The predicted octanol–water partition coefficient (Wildman–Crippen LogP) is 4.13. The first-order valence-electron chi connectivity index (χ1n) is 10.2. The SMILES string of the molecule is CCC(C)(OC(=O)C(C)(C)C(=O)O)C1CC2CC1C1C3CCC(C3)C21. The molecule has 4 aliphatic rings. The Bertz CT molecular complexity index is 597. The molecule has 0 spiro atoms. The van der Waals surface area contributed by atoms with Crippen LogP contribution in [0, 0.1) is 46.8 Å². The number of carbonyl (C=O) groups excluding carboxylic acids is 1. The number of hydrogen-bond acceptors (Lipinski definition) is 3. The van der Waals surface area contributed by atoms with Crippen LogP contribution in [0.2, 0.25) is 0 Å². The largest absolute Gasteiger partial charge is 0.480 e. The summed E-state index contributed by atoms with van der Waals surface area (Å²) >= 11 is 0. The molecule has 0 aliphatic heterocycles. The predicted molar refractivity (Wildman–Crippen MR) is 93.7 cm³/mol. The van der Waals surface area contributed by atoms with Crippen molar-refractivity contribution in [2.75, 3.05) is 0 Å². The van der Waals surface area contributed by atoms with E-state index in [0.29, 0.717) is 11.8 Å². The van der Waals surface area contributed by atoms with Gasteiger partial charge in [0.25, 0.3) is 0 Å². The molecule has 8 unspecified atom stereocenters. The van der Waals surface area contributed by atoms with Crippen LogP contribution in [0.5, 0.6) is 0 Å². The molecule has 4 aliphatic carbocycles. The Morgan fingerprint density at radius 3 is 2.24 bits per heavy atom. The van der Waals surface area contributed by atoms with E-state index < -0.39 is 23.0 Å². The lowest BCUT2D eigenvalue weighted by atomic mass is 9.63. The summed E-state index contributed by atoms with van der Waals surface area (Å²) in [4.78, 5) is 24.0. The Kier molecular flexibility index (Phi) is 3.80. The van der Waals surface area contributed by atoms with Crippen molar-refractivity contribution in [3.05, 3.63) is 0 Å². The van der Waals surface area contributed by atoms with E-state index in [1.807, 2.05) is 0 Å². The Labute approximate surface area is 150 Å². The second-order valence-electron chi connectivity index (χ2n) is 9.98. The van der Waals surface area contributed by atoms with Crippen molar-refractivity contribution in [2.24, 2.45) is 46.8 Å². The average molecular weight is 348 g/mol. The molecule has 140 valence electrons. The van der Waals surface area contributed by atoms with Gasteiger partial charge in [-0.05, 0) is 94.8 Å². The minimum Gasteiger partial charge on any atom is -0.480 e. The van der Waals surface area contributed by atoms with Gasteiger partial charge in [0.1, 0.15) is 5.60 Å². The van der Waals surface area contributed by atoms with Crippen LogP contribution < -0.4 is 0 Å².